The summed E-state index contributed by atoms with van der Waals surface area (Å²) in [6, 6.07) is 5.59. The van der Waals surface area contributed by atoms with Crippen molar-refractivity contribution in [3.05, 3.63) is 29.3 Å². The van der Waals surface area contributed by atoms with Gasteiger partial charge in [-0.05, 0) is 37.5 Å². The Kier molecular flexibility index (Phi) is 4.27. The van der Waals surface area contributed by atoms with Crippen LogP contribution in [0, 0.1) is 0 Å². The number of nitrogens with two attached hydrogens (primary N) is 1. The monoisotopic (exact) mass is 276 g/mol. The first-order chi connectivity index (χ1) is 9.52. The average Bonchev–Trinajstić information content (AvgIpc) is 3.21. The molecule has 20 heavy (non-hydrogen) atoms. The zero-order valence-electron chi connectivity index (χ0n) is 11.9. The number of carbonyl (C=O) groups is 2. The lowest BCUT2D eigenvalue weighted by Gasteiger charge is -2.21. The molecule has 0 spiro atoms. The molecule has 1 aliphatic rings. The maximum Gasteiger partial charge on any atom is 0.340 e. The van der Waals surface area contributed by atoms with Crippen LogP contribution in [0.1, 0.15) is 42.6 Å². The molecule has 1 aromatic carbocycles. The molecule has 1 aromatic rings. The third kappa shape index (κ3) is 3.29. The minimum absolute atomic E-state index is 0.0574. The first kappa shape index (κ1) is 14.4. The molecular formula is C15H20N2O3. The van der Waals surface area contributed by atoms with E-state index in [4.69, 9.17) is 10.5 Å². The lowest BCUT2D eigenvalue weighted by Crippen LogP contribution is -2.30. The molecule has 0 aliphatic heterocycles. The predicted molar refractivity (Wildman–Crippen MR) is 76.1 cm³/mol. The summed E-state index contributed by atoms with van der Waals surface area (Å²) in [4.78, 5) is 25.3. The first-order valence-corrected chi connectivity index (χ1v) is 6.85. The lowest BCUT2D eigenvalue weighted by molar-refractivity contribution is -0.130. The highest BCUT2D eigenvalue weighted by Gasteiger charge is 2.30. The van der Waals surface area contributed by atoms with Crippen LogP contribution in [0.2, 0.25) is 0 Å². The van der Waals surface area contributed by atoms with Crippen LogP contribution in [0.5, 0.6) is 0 Å². The summed E-state index contributed by atoms with van der Waals surface area (Å²) in [5.74, 6) is -0.366. The van der Waals surface area contributed by atoms with Gasteiger partial charge < -0.3 is 15.4 Å². The van der Waals surface area contributed by atoms with Gasteiger partial charge >= 0.3 is 5.97 Å². The van der Waals surface area contributed by atoms with E-state index >= 15 is 0 Å². The molecular weight excluding hydrogens is 256 g/mol. The molecule has 0 unspecified atom stereocenters. The predicted octanol–water partition coefficient (Wildman–Crippen LogP) is 1.96. The van der Waals surface area contributed by atoms with Gasteiger partial charge in [0.2, 0.25) is 5.91 Å². The van der Waals surface area contributed by atoms with Crippen LogP contribution >= 0.6 is 0 Å². The number of esters is 1. The molecule has 2 rings (SSSR count). The number of carbonyl (C=O) groups excluding carboxylic acids is 2. The topological polar surface area (TPSA) is 72.6 Å². The third-order valence-corrected chi connectivity index (χ3v) is 3.36. The molecule has 1 fully saturated rings. The second kappa shape index (κ2) is 5.94. The quantitative estimate of drug-likeness (QED) is 0.659. The van der Waals surface area contributed by atoms with E-state index in [1.807, 2.05) is 11.0 Å². The Morgan fingerprint density at radius 1 is 1.40 bits per heavy atom. The van der Waals surface area contributed by atoms with Crippen molar-refractivity contribution in [2.24, 2.45) is 0 Å². The molecule has 5 heteroatoms. The highest BCUT2D eigenvalue weighted by molar-refractivity contribution is 5.95. The van der Waals surface area contributed by atoms with Crippen LogP contribution in [0.25, 0.3) is 0 Å². The normalized spacial score (nSPS) is 13.9. The fourth-order valence-electron chi connectivity index (χ4n) is 2.17. The van der Waals surface area contributed by atoms with Crippen molar-refractivity contribution in [3.8, 4) is 0 Å². The Morgan fingerprint density at radius 2 is 2.10 bits per heavy atom. The van der Waals surface area contributed by atoms with Crippen molar-refractivity contribution in [2.75, 3.05) is 12.3 Å². The van der Waals surface area contributed by atoms with Gasteiger partial charge in [0.1, 0.15) is 0 Å². The number of nitrogens with zero attached hydrogens (tertiary/aromatic N) is 1. The Balaban J connectivity index is 2.18. The van der Waals surface area contributed by atoms with Crippen molar-refractivity contribution < 1.29 is 14.3 Å². The van der Waals surface area contributed by atoms with Crippen molar-refractivity contribution >= 4 is 17.6 Å². The van der Waals surface area contributed by atoms with Crippen LogP contribution in [-0.4, -0.2) is 29.4 Å². The van der Waals surface area contributed by atoms with Gasteiger partial charge in [-0.25, -0.2) is 4.79 Å². The summed E-state index contributed by atoms with van der Waals surface area (Å²) in [5.41, 5.74) is 7.46. The number of nitrogen functional groups attached to an aromatic ring is 1. The number of amides is 1. The van der Waals surface area contributed by atoms with Crippen molar-refractivity contribution in [1.29, 1.82) is 0 Å². The van der Waals surface area contributed by atoms with E-state index in [0.29, 0.717) is 30.4 Å². The highest BCUT2D eigenvalue weighted by atomic mass is 16.5. The Morgan fingerprint density at radius 3 is 2.65 bits per heavy atom. The molecule has 5 nitrogen and oxygen atoms in total. The Hall–Kier alpha value is -2.04. The Labute approximate surface area is 118 Å². The van der Waals surface area contributed by atoms with Gasteiger partial charge in [-0.3, -0.25) is 4.79 Å². The molecule has 0 saturated heterocycles. The standard InChI is InChI=1S/C15H20N2O3/c1-3-20-15(19)13-8-11(4-7-14(13)16)9-17(10(2)18)12-5-6-12/h4,7-8,12H,3,5-6,9,16H2,1-2H3. The second-order valence-electron chi connectivity index (χ2n) is 5.02. The van der Waals surface area contributed by atoms with Crippen LogP contribution in [0.3, 0.4) is 0 Å². The molecule has 0 atom stereocenters. The van der Waals surface area contributed by atoms with Gasteiger partial charge in [0.05, 0.1) is 12.2 Å². The SMILES string of the molecule is CCOC(=O)c1cc(CN(C(C)=O)C2CC2)ccc1N. The van der Waals surface area contributed by atoms with Crippen LogP contribution in [0.4, 0.5) is 5.69 Å². The fraction of sp³-hybridized carbons (Fsp3) is 0.467. The molecule has 0 heterocycles. The number of benzene rings is 1. The number of hydrogen-bond acceptors (Lipinski definition) is 4. The van der Waals surface area contributed by atoms with Gasteiger partial charge in [0.25, 0.3) is 0 Å². The smallest absolute Gasteiger partial charge is 0.340 e. The Bertz CT molecular complexity index is 524. The largest absolute Gasteiger partial charge is 0.462 e. The minimum Gasteiger partial charge on any atom is -0.462 e. The van der Waals surface area contributed by atoms with Crippen LogP contribution in [0.15, 0.2) is 18.2 Å². The maximum absolute atomic E-state index is 11.8. The molecule has 1 aliphatic carbocycles. The van der Waals surface area contributed by atoms with E-state index in [9.17, 15) is 9.59 Å². The molecule has 2 N–H and O–H groups in total. The number of hydrogen-bond donors (Lipinski definition) is 1. The molecule has 1 amide bonds. The zero-order valence-corrected chi connectivity index (χ0v) is 11.9. The van der Waals surface area contributed by atoms with E-state index in [1.54, 1.807) is 26.0 Å². The van der Waals surface area contributed by atoms with Gasteiger partial charge in [0, 0.05) is 25.2 Å². The van der Waals surface area contributed by atoms with Crippen molar-refractivity contribution in [2.45, 2.75) is 39.3 Å². The summed E-state index contributed by atoms with van der Waals surface area (Å²) in [7, 11) is 0. The minimum atomic E-state index is -0.423. The molecule has 0 bridgehead atoms. The highest BCUT2D eigenvalue weighted by Crippen LogP contribution is 2.29. The van der Waals surface area contributed by atoms with E-state index in [-0.39, 0.29) is 5.91 Å². The summed E-state index contributed by atoms with van der Waals surface area (Å²) >= 11 is 0. The van der Waals surface area contributed by atoms with Gasteiger partial charge in [-0.1, -0.05) is 6.07 Å². The molecule has 1 saturated carbocycles. The maximum atomic E-state index is 11.8. The van der Waals surface area contributed by atoms with E-state index in [1.165, 1.54) is 0 Å². The van der Waals surface area contributed by atoms with Crippen molar-refractivity contribution in [1.82, 2.24) is 4.90 Å². The average molecular weight is 276 g/mol. The summed E-state index contributed by atoms with van der Waals surface area (Å²) in [5, 5.41) is 0. The fourth-order valence-corrected chi connectivity index (χ4v) is 2.17. The summed E-state index contributed by atoms with van der Waals surface area (Å²) in [6.45, 7) is 4.14. The van der Waals surface area contributed by atoms with E-state index < -0.39 is 5.97 Å². The molecule has 0 aromatic heterocycles. The van der Waals surface area contributed by atoms with E-state index in [0.717, 1.165) is 18.4 Å². The van der Waals surface area contributed by atoms with E-state index in [2.05, 4.69) is 0 Å². The summed E-state index contributed by atoms with van der Waals surface area (Å²) in [6.07, 6.45) is 2.11. The second-order valence-corrected chi connectivity index (χ2v) is 5.02. The third-order valence-electron chi connectivity index (χ3n) is 3.36. The lowest BCUT2D eigenvalue weighted by atomic mass is 10.1. The first-order valence-electron chi connectivity index (χ1n) is 6.85. The van der Waals surface area contributed by atoms with Crippen LogP contribution < -0.4 is 5.73 Å². The van der Waals surface area contributed by atoms with Crippen LogP contribution in [-0.2, 0) is 16.1 Å². The van der Waals surface area contributed by atoms with Gasteiger partial charge in [0.15, 0.2) is 0 Å². The number of rotatable bonds is 5. The van der Waals surface area contributed by atoms with Crippen molar-refractivity contribution in [3.63, 3.8) is 0 Å². The molecule has 108 valence electrons. The summed E-state index contributed by atoms with van der Waals surface area (Å²) < 4.78 is 4.98. The number of ether oxygens (including phenoxy) is 1. The zero-order chi connectivity index (χ0) is 14.7. The van der Waals surface area contributed by atoms with Gasteiger partial charge in [-0.15, -0.1) is 0 Å². The van der Waals surface area contributed by atoms with Gasteiger partial charge in [-0.2, -0.15) is 0 Å². The number of anilines is 1. The molecule has 0 radical (unpaired) electrons.